The normalized spacial score (nSPS) is 12.6. The molecule has 0 atom stereocenters. The SMILES string of the molecule is Cc1ccc(S(=O)(=O)Oc2ccc(S(=O)(=O)[O-])cc2[N+](=O)OS(c2ccccc2)(c2ccccc2)c2ccc(OC(C)(C)C)cc2)cc1. The van der Waals surface area contributed by atoms with E-state index >= 15 is 0 Å². The van der Waals surface area contributed by atoms with Gasteiger partial charge < -0.3 is 13.5 Å². The average molecular weight is 708 g/mol. The Morgan fingerprint density at radius 3 is 1.60 bits per heavy atom. The van der Waals surface area contributed by atoms with Gasteiger partial charge in [0.15, 0.2) is 0 Å². The number of hydrogen-bond acceptors (Lipinski definition) is 9. The predicted molar refractivity (Wildman–Crippen MR) is 180 cm³/mol. The molecule has 0 radical (unpaired) electrons. The second-order valence-corrected chi connectivity index (χ2v) is 17.2. The molecule has 5 aromatic carbocycles. The number of hydrogen-bond donors (Lipinski definition) is 0. The summed E-state index contributed by atoms with van der Waals surface area (Å²) in [5.74, 6) is 0.0197. The van der Waals surface area contributed by atoms with Gasteiger partial charge >= 0.3 is 15.8 Å². The van der Waals surface area contributed by atoms with Crippen LogP contribution in [0.5, 0.6) is 11.5 Å². The fourth-order valence-electron chi connectivity index (χ4n) is 4.69. The van der Waals surface area contributed by atoms with Gasteiger partial charge in [0.2, 0.25) is 5.75 Å². The van der Waals surface area contributed by atoms with Gasteiger partial charge in [-0.3, -0.25) is 0 Å². The molecule has 0 aromatic heterocycles. The second kappa shape index (κ2) is 13.4. The number of rotatable bonds is 11. The second-order valence-electron chi connectivity index (χ2n) is 11.6. The van der Waals surface area contributed by atoms with Gasteiger partial charge in [-0.2, -0.15) is 12.7 Å². The minimum atomic E-state index is -5.08. The van der Waals surface area contributed by atoms with E-state index in [0.29, 0.717) is 20.4 Å². The van der Waals surface area contributed by atoms with Crippen molar-refractivity contribution in [3.63, 3.8) is 0 Å². The van der Waals surface area contributed by atoms with E-state index in [-0.39, 0.29) is 9.82 Å². The van der Waals surface area contributed by atoms with Crippen molar-refractivity contribution in [3.05, 3.63) is 138 Å². The van der Waals surface area contributed by atoms with Gasteiger partial charge in [-0.05, 0) is 100 Å². The fraction of sp³-hybridized carbons (Fsp3) is 0.143. The van der Waals surface area contributed by atoms with Crippen molar-refractivity contribution in [3.8, 4) is 11.5 Å². The largest absolute Gasteiger partial charge is 0.744 e. The molecule has 0 aliphatic rings. The topological polar surface area (TPSA) is 139 Å². The Morgan fingerprint density at radius 1 is 0.625 bits per heavy atom. The molecule has 0 saturated carbocycles. The lowest BCUT2D eigenvalue weighted by Crippen LogP contribution is -2.22. The van der Waals surface area contributed by atoms with E-state index in [1.807, 2.05) is 20.8 Å². The number of ether oxygens (including phenoxy) is 1. The third-order valence-electron chi connectivity index (χ3n) is 6.83. The van der Waals surface area contributed by atoms with Crippen molar-refractivity contribution in [1.29, 1.82) is 0 Å². The van der Waals surface area contributed by atoms with Gasteiger partial charge in [-0.1, -0.05) is 54.1 Å². The van der Waals surface area contributed by atoms with Crippen LogP contribution in [0.15, 0.2) is 152 Å². The molecule has 13 heteroatoms. The first-order valence-corrected chi connectivity index (χ1v) is 19.0. The van der Waals surface area contributed by atoms with Crippen LogP contribution in [0, 0.1) is 11.8 Å². The molecule has 0 aliphatic carbocycles. The Balaban J connectivity index is 1.69. The minimum absolute atomic E-state index is 0.00355. The van der Waals surface area contributed by atoms with Crippen LogP contribution in [0.3, 0.4) is 0 Å². The van der Waals surface area contributed by atoms with Crippen molar-refractivity contribution < 1.29 is 39.5 Å². The highest BCUT2D eigenvalue weighted by atomic mass is 32.3. The van der Waals surface area contributed by atoms with E-state index in [4.69, 9.17) is 13.2 Å². The first kappa shape index (κ1) is 34.6. The van der Waals surface area contributed by atoms with Gasteiger partial charge in [0.05, 0.1) is 20.1 Å². The minimum Gasteiger partial charge on any atom is -0.744 e. The van der Waals surface area contributed by atoms with Gasteiger partial charge in [0.1, 0.15) is 26.4 Å². The zero-order chi connectivity index (χ0) is 34.7. The van der Waals surface area contributed by atoms with Crippen LogP contribution >= 0.6 is 10.3 Å². The lowest BCUT2D eigenvalue weighted by molar-refractivity contribution is -0.697. The molecular formula is C35H33NO9S3. The van der Waals surface area contributed by atoms with E-state index in [1.165, 1.54) is 12.1 Å². The summed E-state index contributed by atoms with van der Waals surface area (Å²) < 4.78 is 80.5. The fourth-order valence-corrected chi connectivity index (χ4v) is 9.09. The molecule has 0 bridgehead atoms. The highest BCUT2D eigenvalue weighted by Gasteiger charge is 2.43. The summed E-state index contributed by atoms with van der Waals surface area (Å²) in [5.41, 5.74) is -0.327. The van der Waals surface area contributed by atoms with Crippen molar-refractivity contribution in [2.75, 3.05) is 0 Å². The lowest BCUT2D eigenvalue weighted by atomic mass is 10.2. The van der Waals surface area contributed by atoms with Crippen LogP contribution in [-0.4, -0.2) is 31.9 Å². The van der Waals surface area contributed by atoms with Crippen molar-refractivity contribution in [1.82, 2.24) is 0 Å². The smallest absolute Gasteiger partial charge is 0.362 e. The highest BCUT2D eigenvalue weighted by Crippen LogP contribution is 2.69. The Morgan fingerprint density at radius 2 is 1.10 bits per heavy atom. The zero-order valence-corrected chi connectivity index (χ0v) is 28.9. The molecular weight excluding hydrogens is 675 g/mol. The standard InChI is InChI=1S/C35H33NO9S3/c1-26-15-19-31(20-16-26)48(41,42)44-34-24-23-32(47(38,39)40)25-33(34)36(37)45-46(28-11-7-5-8-12-28,29-13-9-6-10-14-29)30-21-17-27(18-22-30)43-35(2,3)4/h5-25H,1-4H3. The van der Waals surface area contributed by atoms with E-state index in [2.05, 4.69) is 0 Å². The Kier molecular flexibility index (Phi) is 9.70. The highest BCUT2D eigenvalue weighted by molar-refractivity contribution is 8.29. The summed E-state index contributed by atoms with van der Waals surface area (Å²) >= 11 is 0. The summed E-state index contributed by atoms with van der Waals surface area (Å²) in [4.78, 5) is 15.1. The van der Waals surface area contributed by atoms with Crippen LogP contribution in [0.2, 0.25) is 0 Å². The zero-order valence-electron chi connectivity index (χ0n) is 26.5. The van der Waals surface area contributed by atoms with Crippen LogP contribution in [0.25, 0.3) is 0 Å². The van der Waals surface area contributed by atoms with Gasteiger partial charge in [0.25, 0.3) is 4.92 Å². The van der Waals surface area contributed by atoms with Gasteiger partial charge in [0, 0.05) is 20.8 Å². The molecule has 0 unspecified atom stereocenters. The average Bonchev–Trinajstić information content (AvgIpc) is 3.04. The maximum atomic E-state index is 14.3. The molecule has 0 N–H and O–H groups in total. The summed E-state index contributed by atoms with van der Waals surface area (Å²) in [5, 5.41) is 0. The lowest BCUT2D eigenvalue weighted by Gasteiger charge is -2.34. The Bertz CT molecular complexity index is 2090. The number of nitrogens with zero attached hydrogens (tertiary/aromatic N) is 1. The molecule has 5 aromatic rings. The molecule has 0 amide bonds. The molecule has 0 saturated heterocycles. The van der Waals surface area contributed by atoms with Crippen LogP contribution in [-0.2, 0) is 24.5 Å². The van der Waals surface area contributed by atoms with Crippen LogP contribution in [0.1, 0.15) is 26.3 Å². The van der Waals surface area contributed by atoms with Crippen LogP contribution in [0.4, 0.5) is 5.69 Å². The number of aryl methyl sites for hydroxylation is 1. The first-order valence-electron chi connectivity index (χ1n) is 14.6. The van der Waals surface area contributed by atoms with E-state index in [1.54, 1.807) is 104 Å². The molecule has 48 heavy (non-hydrogen) atoms. The maximum absolute atomic E-state index is 14.3. The van der Waals surface area contributed by atoms with Crippen molar-refractivity contribution >= 4 is 36.2 Å². The Hall–Kier alpha value is -4.69. The monoisotopic (exact) mass is 707 g/mol. The number of benzene rings is 5. The third kappa shape index (κ3) is 7.71. The van der Waals surface area contributed by atoms with Gasteiger partial charge in [-0.15, -0.1) is 0 Å². The van der Waals surface area contributed by atoms with Crippen molar-refractivity contribution in [2.24, 2.45) is 0 Å². The van der Waals surface area contributed by atoms with E-state index in [9.17, 15) is 26.3 Å². The molecule has 10 nitrogen and oxygen atoms in total. The summed E-state index contributed by atoms with van der Waals surface area (Å²) in [7, 11) is -12.6. The predicted octanol–water partition coefficient (Wildman–Crippen LogP) is 8.08. The summed E-state index contributed by atoms with van der Waals surface area (Å²) in [6.45, 7) is 7.52. The third-order valence-corrected chi connectivity index (χ3v) is 12.1. The summed E-state index contributed by atoms with van der Waals surface area (Å²) in [6, 6.07) is 33.2. The summed E-state index contributed by atoms with van der Waals surface area (Å²) in [6.07, 6.45) is 0. The van der Waals surface area contributed by atoms with Crippen LogP contribution < -0.4 is 8.92 Å². The quantitative estimate of drug-likeness (QED) is 0.0757. The van der Waals surface area contributed by atoms with E-state index in [0.717, 1.165) is 23.8 Å². The van der Waals surface area contributed by atoms with Crippen molar-refractivity contribution in [2.45, 2.75) is 57.8 Å². The maximum Gasteiger partial charge on any atom is 0.362 e. The molecule has 250 valence electrons. The van der Waals surface area contributed by atoms with Gasteiger partial charge in [-0.25, -0.2) is 8.42 Å². The molecule has 0 spiro atoms. The molecule has 0 aliphatic heterocycles. The first-order chi connectivity index (χ1) is 22.6. The molecule has 0 fully saturated rings. The molecule has 0 heterocycles. The Labute approximate surface area is 281 Å². The molecule has 5 rings (SSSR count). The van der Waals surface area contributed by atoms with E-state index < -0.39 is 52.5 Å².